The molecule has 0 fully saturated rings. The van der Waals surface area contributed by atoms with Crippen LogP contribution in [0.15, 0.2) is 0 Å². The summed E-state index contributed by atoms with van der Waals surface area (Å²) in [6.45, 7) is 10.5. The van der Waals surface area contributed by atoms with E-state index in [0.29, 0.717) is 0 Å². The molecule has 0 aromatic rings. The Bertz CT molecular complexity index is 241. The number of hydrogen-bond donors (Lipinski definition) is 2. The molecule has 0 aromatic heterocycles. The monoisotopic (exact) mass is 235 g/mol. The molecular formula is C11H22ClNO2. The number of nitrogens with one attached hydrogen (secondary N) is 1. The molecule has 0 aliphatic rings. The van der Waals surface area contributed by atoms with Gasteiger partial charge in [0.15, 0.2) is 0 Å². The van der Waals surface area contributed by atoms with Gasteiger partial charge in [-0.2, -0.15) is 0 Å². The molecule has 0 spiro atoms. The van der Waals surface area contributed by atoms with Crippen molar-refractivity contribution >= 4 is 17.5 Å². The van der Waals surface area contributed by atoms with Crippen molar-refractivity contribution in [2.45, 2.75) is 52.7 Å². The maximum absolute atomic E-state index is 11.9. The number of halogens is 1. The van der Waals surface area contributed by atoms with Gasteiger partial charge in [-0.3, -0.25) is 4.79 Å². The van der Waals surface area contributed by atoms with Gasteiger partial charge < -0.3 is 10.4 Å². The molecule has 0 aliphatic heterocycles. The molecule has 1 amide bonds. The van der Waals surface area contributed by atoms with E-state index < -0.39 is 16.6 Å². The lowest BCUT2D eigenvalue weighted by molar-refractivity contribution is -0.133. The van der Waals surface area contributed by atoms with Crippen LogP contribution in [-0.2, 0) is 4.79 Å². The Labute approximate surface area is 97.2 Å². The molecule has 0 saturated carbocycles. The van der Waals surface area contributed by atoms with Crippen LogP contribution in [0.3, 0.4) is 0 Å². The smallest absolute Gasteiger partial charge is 0.227 e. The highest BCUT2D eigenvalue weighted by atomic mass is 35.5. The third kappa shape index (κ3) is 3.65. The van der Waals surface area contributed by atoms with Gasteiger partial charge in [-0.25, -0.2) is 0 Å². The zero-order valence-electron chi connectivity index (χ0n) is 10.4. The van der Waals surface area contributed by atoms with Gasteiger partial charge in [0.05, 0.1) is 16.6 Å². The molecule has 0 aliphatic carbocycles. The summed E-state index contributed by atoms with van der Waals surface area (Å²) in [6, 6.07) is 0. The van der Waals surface area contributed by atoms with Crippen LogP contribution in [-0.4, -0.2) is 28.0 Å². The Morgan fingerprint density at radius 2 is 1.60 bits per heavy atom. The summed E-state index contributed by atoms with van der Waals surface area (Å²) >= 11 is 5.71. The molecule has 15 heavy (non-hydrogen) atoms. The third-order valence-electron chi connectivity index (χ3n) is 2.90. The van der Waals surface area contributed by atoms with Gasteiger partial charge in [0.25, 0.3) is 0 Å². The number of amides is 1. The summed E-state index contributed by atoms with van der Waals surface area (Å²) in [4.78, 5) is 11.9. The molecule has 4 heteroatoms. The van der Waals surface area contributed by atoms with Crippen LogP contribution in [0.4, 0.5) is 0 Å². The van der Waals surface area contributed by atoms with Crippen LogP contribution >= 0.6 is 11.6 Å². The van der Waals surface area contributed by atoms with E-state index >= 15 is 0 Å². The number of carbonyl (C=O) groups excluding carboxylic acids is 1. The quantitative estimate of drug-likeness (QED) is 0.732. The predicted octanol–water partition coefficient (Wildman–Crippen LogP) is 1.92. The Morgan fingerprint density at radius 1 is 1.20 bits per heavy atom. The van der Waals surface area contributed by atoms with Gasteiger partial charge in [-0.1, -0.05) is 0 Å². The summed E-state index contributed by atoms with van der Waals surface area (Å²) in [5.41, 5.74) is -2.29. The van der Waals surface area contributed by atoms with Crippen LogP contribution in [0.1, 0.15) is 41.5 Å². The fourth-order valence-corrected chi connectivity index (χ4v) is 0.788. The maximum Gasteiger partial charge on any atom is 0.227 e. The minimum atomic E-state index is -0.981. The molecule has 3 nitrogen and oxygen atoms in total. The normalized spacial score (nSPS) is 13.9. The molecular weight excluding hydrogens is 214 g/mol. The lowest BCUT2D eigenvalue weighted by Crippen LogP contribution is -2.60. The molecule has 0 heterocycles. The van der Waals surface area contributed by atoms with Gasteiger partial charge >= 0.3 is 0 Å². The first kappa shape index (κ1) is 14.7. The van der Waals surface area contributed by atoms with Crippen molar-refractivity contribution in [1.29, 1.82) is 0 Å². The molecule has 0 bridgehead atoms. The summed E-state index contributed by atoms with van der Waals surface area (Å²) in [7, 11) is 0. The Morgan fingerprint density at radius 3 is 1.87 bits per heavy atom. The summed E-state index contributed by atoms with van der Waals surface area (Å²) < 4.78 is 0. The predicted molar refractivity (Wildman–Crippen MR) is 63.0 cm³/mol. The summed E-state index contributed by atoms with van der Waals surface area (Å²) in [5.74, 6) is 0.102. The number of hydrogen-bond acceptors (Lipinski definition) is 2. The Balaban J connectivity index is 4.70. The van der Waals surface area contributed by atoms with E-state index in [9.17, 15) is 9.90 Å². The molecule has 0 atom stereocenters. The summed E-state index contributed by atoms with van der Waals surface area (Å²) in [5, 5.41) is 12.7. The van der Waals surface area contributed by atoms with Crippen molar-refractivity contribution in [3.05, 3.63) is 0 Å². The number of carbonyl (C=O) groups is 1. The molecule has 0 radical (unpaired) electrons. The van der Waals surface area contributed by atoms with Crippen molar-refractivity contribution in [3.63, 3.8) is 0 Å². The molecule has 2 N–H and O–H groups in total. The standard InChI is InChI=1S/C11H22ClNO2/c1-9(2,7-12)8(14)13-10(3,4)11(5,6)15/h15H,7H2,1-6H3,(H,13,14). The molecule has 90 valence electrons. The number of rotatable bonds is 4. The Hall–Kier alpha value is -0.280. The van der Waals surface area contributed by atoms with E-state index in [1.165, 1.54) is 0 Å². The fraction of sp³-hybridized carbons (Fsp3) is 0.909. The van der Waals surface area contributed by atoms with Crippen LogP contribution < -0.4 is 5.32 Å². The van der Waals surface area contributed by atoms with Crippen LogP contribution in [0.5, 0.6) is 0 Å². The lowest BCUT2D eigenvalue weighted by atomic mass is 9.84. The number of alkyl halides is 1. The van der Waals surface area contributed by atoms with Crippen molar-refractivity contribution in [1.82, 2.24) is 5.32 Å². The highest BCUT2D eigenvalue weighted by Crippen LogP contribution is 2.24. The van der Waals surface area contributed by atoms with E-state index in [2.05, 4.69) is 5.32 Å². The average molecular weight is 236 g/mol. The van der Waals surface area contributed by atoms with Gasteiger partial charge in [-0.15, -0.1) is 11.6 Å². The van der Waals surface area contributed by atoms with Crippen molar-refractivity contribution < 1.29 is 9.90 Å². The molecule has 0 unspecified atom stereocenters. The Kier molecular flexibility index (Phi) is 4.22. The van der Waals surface area contributed by atoms with E-state index in [1.54, 1.807) is 41.5 Å². The highest BCUT2D eigenvalue weighted by molar-refractivity contribution is 6.19. The zero-order valence-corrected chi connectivity index (χ0v) is 11.2. The first-order chi connectivity index (χ1) is 6.44. The maximum atomic E-state index is 11.9. The SMILES string of the molecule is CC(C)(CCl)C(=O)NC(C)(C)C(C)(C)O. The second-order valence-corrected chi connectivity index (χ2v) is 5.92. The van der Waals surface area contributed by atoms with E-state index in [4.69, 9.17) is 11.6 Å². The van der Waals surface area contributed by atoms with Gasteiger partial charge in [0.1, 0.15) is 0 Å². The fourth-order valence-electron chi connectivity index (χ4n) is 0.667. The van der Waals surface area contributed by atoms with Crippen molar-refractivity contribution in [3.8, 4) is 0 Å². The minimum Gasteiger partial charge on any atom is -0.388 e. The first-order valence-corrected chi connectivity index (χ1v) is 5.58. The minimum absolute atomic E-state index is 0.148. The van der Waals surface area contributed by atoms with E-state index in [-0.39, 0.29) is 11.8 Å². The van der Waals surface area contributed by atoms with Gasteiger partial charge in [0.2, 0.25) is 5.91 Å². The lowest BCUT2D eigenvalue weighted by Gasteiger charge is -2.40. The zero-order chi connectivity index (χ0) is 12.5. The summed E-state index contributed by atoms with van der Waals surface area (Å²) in [6.07, 6.45) is 0. The van der Waals surface area contributed by atoms with Crippen LogP contribution in [0, 0.1) is 5.41 Å². The second-order valence-electron chi connectivity index (χ2n) is 5.66. The molecule has 0 rings (SSSR count). The highest BCUT2D eigenvalue weighted by Gasteiger charge is 2.39. The van der Waals surface area contributed by atoms with E-state index in [1.807, 2.05) is 0 Å². The second kappa shape index (κ2) is 4.30. The number of aliphatic hydroxyl groups is 1. The topological polar surface area (TPSA) is 49.3 Å². The molecule has 0 aromatic carbocycles. The molecule has 0 saturated heterocycles. The first-order valence-electron chi connectivity index (χ1n) is 5.05. The van der Waals surface area contributed by atoms with E-state index in [0.717, 1.165) is 0 Å². The van der Waals surface area contributed by atoms with Crippen LogP contribution in [0.2, 0.25) is 0 Å². The largest absolute Gasteiger partial charge is 0.388 e. The average Bonchev–Trinajstić information content (AvgIpc) is 2.01. The third-order valence-corrected chi connectivity index (χ3v) is 3.57. The van der Waals surface area contributed by atoms with Crippen molar-refractivity contribution in [2.75, 3.05) is 5.88 Å². The van der Waals surface area contributed by atoms with Gasteiger partial charge in [-0.05, 0) is 41.5 Å². The van der Waals surface area contributed by atoms with Crippen LogP contribution in [0.25, 0.3) is 0 Å². The van der Waals surface area contributed by atoms with Crippen molar-refractivity contribution in [2.24, 2.45) is 5.41 Å². The van der Waals surface area contributed by atoms with Gasteiger partial charge in [0, 0.05) is 5.88 Å².